The summed E-state index contributed by atoms with van der Waals surface area (Å²) < 4.78 is 28.6. The molecule has 0 aromatic heterocycles. The number of nitro benzene ring substituents is 1. The number of carbonyl (C=O) groups excluding carboxylic acids is 1. The van der Waals surface area contributed by atoms with Gasteiger partial charge < -0.3 is 9.80 Å². The first-order valence-electron chi connectivity index (χ1n) is 9.78. The van der Waals surface area contributed by atoms with E-state index in [1.54, 1.807) is 29.2 Å². The maximum atomic E-state index is 13.3. The Labute approximate surface area is 188 Å². The van der Waals surface area contributed by atoms with Crippen molar-refractivity contribution in [1.82, 2.24) is 4.31 Å². The minimum absolute atomic E-state index is 0.0195. The Morgan fingerprint density at radius 3 is 2.29 bits per heavy atom. The van der Waals surface area contributed by atoms with Crippen LogP contribution in [0.5, 0.6) is 0 Å². The highest BCUT2D eigenvalue weighted by atomic mass is 79.9. The van der Waals surface area contributed by atoms with Gasteiger partial charge in [0.05, 0.1) is 9.82 Å². The number of carbonyl (C=O) groups is 1. The molecule has 4 rings (SSSR count). The normalized spacial score (nSPS) is 17.0. The van der Waals surface area contributed by atoms with Gasteiger partial charge >= 0.3 is 0 Å². The molecule has 0 spiro atoms. The number of non-ortho nitro benzene ring substituents is 1. The SMILES string of the molecule is CC(=O)N1CCc2cc(Br)c(S(=O)(=O)N3CCN(c4ccc([N+](=O)[O-])cc4)CC3)cc21. The van der Waals surface area contributed by atoms with E-state index in [0.717, 1.165) is 11.3 Å². The van der Waals surface area contributed by atoms with Crippen LogP contribution in [0.15, 0.2) is 45.8 Å². The molecule has 1 saturated heterocycles. The summed E-state index contributed by atoms with van der Waals surface area (Å²) in [5.41, 5.74) is 2.44. The fourth-order valence-electron chi connectivity index (χ4n) is 4.02. The highest BCUT2D eigenvalue weighted by Crippen LogP contribution is 2.37. The minimum Gasteiger partial charge on any atom is -0.369 e. The number of benzene rings is 2. The summed E-state index contributed by atoms with van der Waals surface area (Å²) in [5.74, 6) is -0.110. The van der Waals surface area contributed by atoms with E-state index in [0.29, 0.717) is 49.3 Å². The van der Waals surface area contributed by atoms with Crippen molar-refractivity contribution in [2.45, 2.75) is 18.2 Å². The fraction of sp³-hybridized carbons (Fsp3) is 0.350. The third-order valence-corrected chi connectivity index (χ3v) is 8.55. The Morgan fingerprint density at radius 2 is 1.71 bits per heavy atom. The Hall–Kier alpha value is -2.50. The van der Waals surface area contributed by atoms with Crippen molar-refractivity contribution in [3.63, 3.8) is 0 Å². The molecular formula is C20H21BrN4O5S. The Balaban J connectivity index is 1.53. The van der Waals surface area contributed by atoms with Crippen molar-refractivity contribution in [2.75, 3.05) is 42.5 Å². The Bertz CT molecular complexity index is 1140. The number of amides is 1. The summed E-state index contributed by atoms with van der Waals surface area (Å²) in [5, 5.41) is 10.8. The zero-order valence-electron chi connectivity index (χ0n) is 16.8. The number of nitro groups is 1. The van der Waals surface area contributed by atoms with E-state index >= 15 is 0 Å². The zero-order chi connectivity index (χ0) is 22.3. The molecule has 2 aliphatic rings. The summed E-state index contributed by atoms with van der Waals surface area (Å²) in [4.78, 5) is 26.0. The van der Waals surface area contributed by atoms with E-state index in [2.05, 4.69) is 15.9 Å². The highest BCUT2D eigenvalue weighted by Gasteiger charge is 2.33. The Morgan fingerprint density at radius 1 is 1.06 bits per heavy atom. The lowest BCUT2D eigenvalue weighted by Gasteiger charge is -2.35. The van der Waals surface area contributed by atoms with E-state index in [9.17, 15) is 23.3 Å². The molecule has 11 heteroatoms. The van der Waals surface area contributed by atoms with Crippen LogP contribution in [0.25, 0.3) is 0 Å². The van der Waals surface area contributed by atoms with Crippen molar-refractivity contribution in [1.29, 1.82) is 0 Å². The van der Waals surface area contributed by atoms with Crippen molar-refractivity contribution >= 4 is 48.9 Å². The molecule has 1 fully saturated rings. The molecule has 0 radical (unpaired) electrons. The molecular weight excluding hydrogens is 488 g/mol. The molecule has 2 aliphatic heterocycles. The average molecular weight is 509 g/mol. The smallest absolute Gasteiger partial charge is 0.269 e. The number of anilines is 2. The van der Waals surface area contributed by atoms with E-state index in [4.69, 9.17) is 0 Å². The quantitative estimate of drug-likeness (QED) is 0.464. The monoisotopic (exact) mass is 508 g/mol. The van der Waals surface area contributed by atoms with E-state index in [-0.39, 0.29) is 16.5 Å². The second-order valence-corrected chi connectivity index (χ2v) is 10.3. The summed E-state index contributed by atoms with van der Waals surface area (Å²) >= 11 is 3.40. The van der Waals surface area contributed by atoms with Gasteiger partial charge in [-0.1, -0.05) is 0 Å². The van der Waals surface area contributed by atoms with Gasteiger partial charge in [-0.2, -0.15) is 4.31 Å². The fourth-order valence-corrected chi connectivity index (χ4v) is 6.52. The average Bonchev–Trinajstić information content (AvgIpc) is 3.16. The van der Waals surface area contributed by atoms with Crippen LogP contribution in [0.2, 0.25) is 0 Å². The lowest BCUT2D eigenvalue weighted by molar-refractivity contribution is -0.384. The van der Waals surface area contributed by atoms with E-state index in [1.807, 2.05) is 4.90 Å². The van der Waals surface area contributed by atoms with Crippen LogP contribution in [-0.2, 0) is 21.2 Å². The molecule has 9 nitrogen and oxygen atoms in total. The second-order valence-electron chi connectivity index (χ2n) is 7.50. The number of rotatable bonds is 4. The lowest BCUT2D eigenvalue weighted by atomic mass is 10.2. The summed E-state index contributed by atoms with van der Waals surface area (Å²) in [6.45, 7) is 3.55. The topological polar surface area (TPSA) is 104 Å². The van der Waals surface area contributed by atoms with Crippen molar-refractivity contribution in [3.05, 3.63) is 56.5 Å². The van der Waals surface area contributed by atoms with Gasteiger partial charge in [-0.3, -0.25) is 14.9 Å². The molecule has 2 aromatic rings. The molecule has 164 valence electrons. The molecule has 1 amide bonds. The zero-order valence-corrected chi connectivity index (χ0v) is 19.2. The van der Waals surface area contributed by atoms with Gasteiger partial charge in [0.2, 0.25) is 15.9 Å². The third kappa shape index (κ3) is 4.04. The van der Waals surface area contributed by atoms with E-state index < -0.39 is 14.9 Å². The second kappa shape index (κ2) is 8.21. The maximum Gasteiger partial charge on any atom is 0.269 e. The van der Waals surface area contributed by atoms with Gasteiger partial charge in [0.15, 0.2) is 0 Å². The number of hydrogen-bond acceptors (Lipinski definition) is 6. The molecule has 31 heavy (non-hydrogen) atoms. The first-order chi connectivity index (χ1) is 14.7. The van der Waals surface area contributed by atoms with Crippen molar-refractivity contribution in [2.24, 2.45) is 0 Å². The number of fused-ring (bicyclic) bond motifs is 1. The largest absolute Gasteiger partial charge is 0.369 e. The molecule has 0 atom stereocenters. The summed E-state index contributed by atoms with van der Waals surface area (Å²) in [6, 6.07) is 9.62. The van der Waals surface area contributed by atoms with Gasteiger partial charge in [-0.15, -0.1) is 0 Å². The number of piperazine rings is 1. The van der Waals surface area contributed by atoms with Crippen LogP contribution in [0, 0.1) is 10.1 Å². The highest BCUT2D eigenvalue weighted by molar-refractivity contribution is 9.10. The first-order valence-corrected chi connectivity index (χ1v) is 12.0. The predicted molar refractivity (Wildman–Crippen MR) is 120 cm³/mol. The minimum atomic E-state index is -3.75. The third-order valence-electron chi connectivity index (χ3n) is 5.69. The number of hydrogen-bond donors (Lipinski definition) is 0. The van der Waals surface area contributed by atoms with Gasteiger partial charge in [0.1, 0.15) is 0 Å². The number of halogens is 1. The molecule has 2 heterocycles. The summed E-state index contributed by atoms with van der Waals surface area (Å²) in [7, 11) is -3.75. The van der Waals surface area contributed by atoms with Crippen molar-refractivity contribution < 1.29 is 18.1 Å². The molecule has 0 aliphatic carbocycles. The maximum absolute atomic E-state index is 13.3. The van der Waals surface area contributed by atoms with Crippen LogP contribution in [0.1, 0.15) is 12.5 Å². The molecule has 0 unspecified atom stereocenters. The van der Waals surface area contributed by atoms with Crippen LogP contribution in [0.3, 0.4) is 0 Å². The first kappa shape index (κ1) is 21.7. The Kier molecular flexibility index (Phi) is 5.75. The van der Waals surface area contributed by atoms with Gasteiger partial charge in [0, 0.05) is 67.6 Å². The van der Waals surface area contributed by atoms with Gasteiger partial charge in [0.25, 0.3) is 5.69 Å². The van der Waals surface area contributed by atoms with E-state index in [1.165, 1.54) is 23.4 Å². The van der Waals surface area contributed by atoms with Crippen molar-refractivity contribution in [3.8, 4) is 0 Å². The van der Waals surface area contributed by atoms with Crippen LogP contribution in [-0.4, -0.2) is 56.3 Å². The molecule has 0 bridgehead atoms. The number of nitrogens with zero attached hydrogens (tertiary/aromatic N) is 4. The van der Waals surface area contributed by atoms with Gasteiger partial charge in [-0.05, 0) is 52.2 Å². The molecule has 0 N–H and O–H groups in total. The molecule has 0 saturated carbocycles. The standard InChI is InChI=1S/C20H21BrN4O5S/c1-14(26)24-7-6-15-12-18(21)20(13-19(15)24)31(29,30)23-10-8-22(9-11-23)16-2-4-17(5-3-16)25(27)28/h2-5,12-13H,6-11H2,1H3. The van der Waals surface area contributed by atoms with Crippen LogP contribution >= 0.6 is 15.9 Å². The van der Waals surface area contributed by atoms with Crippen LogP contribution in [0.4, 0.5) is 17.1 Å². The summed E-state index contributed by atoms with van der Waals surface area (Å²) in [6.07, 6.45) is 0.696. The number of sulfonamides is 1. The van der Waals surface area contributed by atoms with Crippen LogP contribution < -0.4 is 9.80 Å². The lowest BCUT2D eigenvalue weighted by Crippen LogP contribution is -2.48. The molecule has 2 aromatic carbocycles. The van der Waals surface area contributed by atoms with Gasteiger partial charge in [-0.25, -0.2) is 8.42 Å². The predicted octanol–water partition coefficient (Wildman–Crippen LogP) is 2.78.